The van der Waals surface area contributed by atoms with Crippen molar-refractivity contribution >= 4 is 6.34 Å². The van der Waals surface area contributed by atoms with Crippen molar-refractivity contribution in [3.8, 4) is 5.75 Å². The highest BCUT2D eigenvalue weighted by atomic mass is 19.1. The Morgan fingerprint density at radius 3 is 2.71 bits per heavy atom. The lowest BCUT2D eigenvalue weighted by Gasteiger charge is -2.05. The van der Waals surface area contributed by atoms with Gasteiger partial charge in [0.1, 0.15) is 11.6 Å². The molecule has 0 saturated carbocycles. The predicted octanol–water partition coefficient (Wildman–Crippen LogP) is 1.79. The average molecular weight is 196 g/mol. The second-order valence-electron chi connectivity index (χ2n) is 2.75. The van der Waals surface area contributed by atoms with E-state index in [1.54, 1.807) is 12.1 Å². The second-order valence-corrected chi connectivity index (χ2v) is 2.75. The fourth-order valence-electron chi connectivity index (χ4n) is 0.967. The van der Waals surface area contributed by atoms with Crippen LogP contribution in [-0.2, 0) is 0 Å². The highest BCUT2D eigenvalue weighted by molar-refractivity contribution is 5.49. The standard InChI is InChI=1S/C10H13FN2O/c11-9-2-4-10(5-3-9)14-7-1-6-13-8-12/h2-5,8H,1,6-7H2,(H2,12,13). The zero-order chi connectivity index (χ0) is 10.2. The Balaban J connectivity index is 2.18. The van der Waals surface area contributed by atoms with Gasteiger partial charge in [0.05, 0.1) is 12.9 Å². The van der Waals surface area contributed by atoms with E-state index in [0.29, 0.717) is 18.9 Å². The molecule has 2 N–H and O–H groups in total. The van der Waals surface area contributed by atoms with E-state index in [9.17, 15) is 4.39 Å². The first-order valence-corrected chi connectivity index (χ1v) is 4.43. The molecule has 14 heavy (non-hydrogen) atoms. The van der Waals surface area contributed by atoms with Crippen LogP contribution in [0.2, 0.25) is 0 Å². The molecule has 0 atom stereocenters. The summed E-state index contributed by atoms with van der Waals surface area (Å²) in [5.74, 6) is 0.407. The first-order valence-electron chi connectivity index (χ1n) is 4.43. The minimum absolute atomic E-state index is 0.261. The van der Waals surface area contributed by atoms with E-state index in [4.69, 9.17) is 10.1 Å². The van der Waals surface area contributed by atoms with E-state index in [1.165, 1.54) is 12.1 Å². The molecule has 0 aliphatic rings. The number of benzene rings is 1. The molecule has 0 aromatic heterocycles. The molecule has 0 spiro atoms. The Hall–Kier alpha value is -1.58. The van der Waals surface area contributed by atoms with E-state index < -0.39 is 0 Å². The van der Waals surface area contributed by atoms with E-state index in [0.717, 1.165) is 12.8 Å². The molecular formula is C10H13FN2O. The summed E-state index contributed by atoms with van der Waals surface area (Å²) < 4.78 is 17.8. The largest absolute Gasteiger partial charge is 0.494 e. The monoisotopic (exact) mass is 196 g/mol. The Bertz CT molecular complexity index is 274. The molecule has 4 heteroatoms. The maximum atomic E-state index is 12.5. The second kappa shape index (κ2) is 5.96. The number of ether oxygens (including phenoxy) is 1. The quantitative estimate of drug-likeness (QED) is 0.414. The lowest BCUT2D eigenvalue weighted by molar-refractivity contribution is 0.311. The first-order chi connectivity index (χ1) is 6.83. The van der Waals surface area contributed by atoms with Crippen LogP contribution in [0.4, 0.5) is 4.39 Å². The van der Waals surface area contributed by atoms with Crippen LogP contribution in [0.5, 0.6) is 5.75 Å². The molecule has 0 bridgehead atoms. The fraction of sp³-hybridized carbons (Fsp3) is 0.300. The van der Waals surface area contributed by atoms with Crippen LogP contribution < -0.4 is 10.1 Å². The van der Waals surface area contributed by atoms with E-state index in [1.807, 2.05) is 0 Å². The average Bonchev–Trinajstić information content (AvgIpc) is 2.21. The van der Waals surface area contributed by atoms with Crippen LogP contribution in [0.3, 0.4) is 0 Å². The fourth-order valence-corrected chi connectivity index (χ4v) is 0.967. The highest BCUT2D eigenvalue weighted by Crippen LogP contribution is 2.10. The van der Waals surface area contributed by atoms with Crippen LogP contribution in [-0.4, -0.2) is 19.5 Å². The number of halogens is 1. The van der Waals surface area contributed by atoms with Gasteiger partial charge in [0, 0.05) is 6.54 Å². The zero-order valence-corrected chi connectivity index (χ0v) is 7.79. The third-order valence-corrected chi connectivity index (χ3v) is 1.65. The minimum atomic E-state index is -0.261. The van der Waals surface area contributed by atoms with Crippen LogP contribution in [0, 0.1) is 11.2 Å². The molecule has 0 aliphatic carbocycles. The molecule has 0 saturated heterocycles. The summed E-state index contributed by atoms with van der Waals surface area (Å²) in [4.78, 5) is 0. The molecule has 1 aromatic carbocycles. The first kappa shape index (κ1) is 10.5. The third-order valence-electron chi connectivity index (χ3n) is 1.65. The van der Waals surface area contributed by atoms with Crippen molar-refractivity contribution in [3.05, 3.63) is 30.1 Å². The van der Waals surface area contributed by atoms with Gasteiger partial charge in [-0.25, -0.2) is 4.39 Å². The number of rotatable bonds is 6. The van der Waals surface area contributed by atoms with Crippen molar-refractivity contribution < 1.29 is 9.13 Å². The Kier molecular flexibility index (Phi) is 4.47. The Labute approximate surface area is 82.4 Å². The molecule has 0 aliphatic heterocycles. The van der Waals surface area contributed by atoms with Crippen LogP contribution in [0.15, 0.2) is 24.3 Å². The smallest absolute Gasteiger partial charge is 0.123 e. The molecule has 0 radical (unpaired) electrons. The molecule has 0 fully saturated rings. The van der Waals surface area contributed by atoms with Gasteiger partial charge in [0.2, 0.25) is 0 Å². The Morgan fingerprint density at radius 2 is 2.07 bits per heavy atom. The van der Waals surface area contributed by atoms with Gasteiger partial charge in [0.25, 0.3) is 0 Å². The Morgan fingerprint density at radius 1 is 1.36 bits per heavy atom. The summed E-state index contributed by atoms with van der Waals surface area (Å²) in [7, 11) is 0. The molecule has 0 unspecified atom stereocenters. The summed E-state index contributed by atoms with van der Waals surface area (Å²) in [5, 5.41) is 9.45. The molecular weight excluding hydrogens is 183 g/mol. The minimum Gasteiger partial charge on any atom is -0.494 e. The van der Waals surface area contributed by atoms with E-state index in [2.05, 4.69) is 5.32 Å². The van der Waals surface area contributed by atoms with Crippen molar-refractivity contribution in [3.63, 3.8) is 0 Å². The third kappa shape index (κ3) is 3.89. The molecule has 76 valence electrons. The van der Waals surface area contributed by atoms with Crippen molar-refractivity contribution in [2.24, 2.45) is 0 Å². The van der Waals surface area contributed by atoms with Gasteiger partial charge in [-0.15, -0.1) is 0 Å². The van der Waals surface area contributed by atoms with E-state index in [-0.39, 0.29) is 5.82 Å². The predicted molar refractivity (Wildman–Crippen MR) is 53.3 cm³/mol. The van der Waals surface area contributed by atoms with Gasteiger partial charge < -0.3 is 10.1 Å². The number of nitrogens with one attached hydrogen (secondary N) is 2. The summed E-state index contributed by atoms with van der Waals surface area (Å²) in [6, 6.07) is 5.93. The summed E-state index contributed by atoms with van der Waals surface area (Å²) in [6.45, 7) is 1.27. The maximum Gasteiger partial charge on any atom is 0.123 e. The van der Waals surface area contributed by atoms with Gasteiger partial charge in [-0.3, -0.25) is 5.41 Å². The molecule has 1 aromatic rings. The van der Waals surface area contributed by atoms with Gasteiger partial charge >= 0.3 is 0 Å². The molecule has 3 nitrogen and oxygen atoms in total. The lowest BCUT2D eigenvalue weighted by Crippen LogP contribution is -2.14. The van der Waals surface area contributed by atoms with Crippen LogP contribution in [0.1, 0.15) is 6.42 Å². The van der Waals surface area contributed by atoms with Crippen molar-refractivity contribution in [1.82, 2.24) is 5.32 Å². The zero-order valence-electron chi connectivity index (χ0n) is 7.79. The molecule has 0 amide bonds. The van der Waals surface area contributed by atoms with Gasteiger partial charge in [-0.2, -0.15) is 0 Å². The number of hydrogen-bond acceptors (Lipinski definition) is 2. The molecule has 1 rings (SSSR count). The SMILES string of the molecule is N=CNCCCOc1ccc(F)cc1. The summed E-state index contributed by atoms with van der Waals surface area (Å²) >= 11 is 0. The van der Waals surface area contributed by atoms with Gasteiger partial charge in [-0.1, -0.05) is 0 Å². The normalized spacial score (nSPS) is 9.50. The highest BCUT2D eigenvalue weighted by Gasteiger charge is 1.93. The summed E-state index contributed by atoms with van der Waals surface area (Å²) in [5.41, 5.74) is 0. The van der Waals surface area contributed by atoms with Crippen LogP contribution in [0.25, 0.3) is 0 Å². The summed E-state index contributed by atoms with van der Waals surface area (Å²) in [6.07, 6.45) is 1.96. The van der Waals surface area contributed by atoms with Gasteiger partial charge in [0.15, 0.2) is 0 Å². The van der Waals surface area contributed by atoms with Gasteiger partial charge in [-0.05, 0) is 30.7 Å². The van der Waals surface area contributed by atoms with Crippen LogP contribution >= 0.6 is 0 Å². The van der Waals surface area contributed by atoms with Crippen molar-refractivity contribution in [1.29, 1.82) is 5.41 Å². The number of hydrogen-bond donors (Lipinski definition) is 2. The lowest BCUT2D eigenvalue weighted by atomic mass is 10.3. The topological polar surface area (TPSA) is 45.1 Å². The maximum absolute atomic E-state index is 12.5. The van der Waals surface area contributed by atoms with Crippen molar-refractivity contribution in [2.75, 3.05) is 13.2 Å². The molecule has 0 heterocycles. The van der Waals surface area contributed by atoms with Crippen molar-refractivity contribution in [2.45, 2.75) is 6.42 Å². The van der Waals surface area contributed by atoms with E-state index >= 15 is 0 Å².